The third-order valence-electron chi connectivity index (χ3n) is 5.04. The Labute approximate surface area is 202 Å². The second-order valence-electron chi connectivity index (χ2n) is 9.30. The minimum atomic E-state index is -0.991. The summed E-state index contributed by atoms with van der Waals surface area (Å²) >= 11 is 7.55. The van der Waals surface area contributed by atoms with Gasteiger partial charge in [0.2, 0.25) is 0 Å². The molecule has 33 heavy (non-hydrogen) atoms. The van der Waals surface area contributed by atoms with E-state index in [9.17, 15) is 14.4 Å². The summed E-state index contributed by atoms with van der Waals surface area (Å²) in [6, 6.07) is 8.68. The fourth-order valence-corrected chi connectivity index (χ4v) is 4.33. The molecule has 0 unspecified atom stereocenters. The van der Waals surface area contributed by atoms with Gasteiger partial charge in [-0.25, -0.2) is 0 Å². The van der Waals surface area contributed by atoms with E-state index in [0.29, 0.717) is 15.8 Å². The van der Waals surface area contributed by atoms with Gasteiger partial charge < -0.3 is 15.0 Å². The molecule has 0 bridgehead atoms. The molecule has 0 saturated carbocycles. The van der Waals surface area contributed by atoms with Gasteiger partial charge in [0.1, 0.15) is 27.2 Å². The number of pyridine rings is 1. The number of carboxylic acids is 1. The molecular formula is C21H25B2ClN4O4S. The number of nitrogens with one attached hydrogen (secondary N) is 1. The summed E-state index contributed by atoms with van der Waals surface area (Å²) in [5.41, 5.74) is -0.482. The van der Waals surface area contributed by atoms with Gasteiger partial charge in [-0.15, -0.1) is 11.3 Å². The van der Waals surface area contributed by atoms with Gasteiger partial charge in [0, 0.05) is 34.4 Å². The lowest BCUT2D eigenvalue weighted by molar-refractivity contribution is -0.137. The average molecular weight is 487 g/mol. The zero-order valence-corrected chi connectivity index (χ0v) is 20.8. The summed E-state index contributed by atoms with van der Waals surface area (Å²) in [6.07, 6.45) is 1.36. The quantitative estimate of drug-likeness (QED) is 0.496. The zero-order valence-electron chi connectivity index (χ0n) is 19.2. The SMILES string of the molecule is BC(B)(Nc1cc(-c2cccn(CCC(=O)O)c2=O)nn1C(=O)C(C)(C)C)c1ccc(Cl)s1. The van der Waals surface area contributed by atoms with Gasteiger partial charge in [-0.3, -0.25) is 14.4 Å². The van der Waals surface area contributed by atoms with Crippen molar-refractivity contribution < 1.29 is 14.7 Å². The summed E-state index contributed by atoms with van der Waals surface area (Å²) in [7, 11) is 3.93. The van der Waals surface area contributed by atoms with E-state index in [2.05, 4.69) is 10.4 Å². The van der Waals surface area contributed by atoms with Gasteiger partial charge in [0.15, 0.2) is 0 Å². The van der Waals surface area contributed by atoms with Crippen molar-refractivity contribution in [1.29, 1.82) is 0 Å². The van der Waals surface area contributed by atoms with Crippen molar-refractivity contribution in [2.45, 2.75) is 39.1 Å². The first-order valence-electron chi connectivity index (χ1n) is 10.4. The fourth-order valence-electron chi connectivity index (χ4n) is 3.23. The Morgan fingerprint density at radius 1 is 1.24 bits per heavy atom. The van der Waals surface area contributed by atoms with E-state index in [1.165, 1.54) is 26.8 Å². The minimum Gasteiger partial charge on any atom is -0.481 e. The highest BCUT2D eigenvalue weighted by Gasteiger charge is 2.30. The summed E-state index contributed by atoms with van der Waals surface area (Å²) in [6.45, 7) is 5.44. The van der Waals surface area contributed by atoms with E-state index in [0.717, 1.165) is 4.88 Å². The molecule has 8 nitrogen and oxygen atoms in total. The number of carbonyl (C=O) groups excluding carboxylic acids is 1. The van der Waals surface area contributed by atoms with Crippen LogP contribution >= 0.6 is 22.9 Å². The predicted molar refractivity (Wildman–Crippen MR) is 136 cm³/mol. The van der Waals surface area contributed by atoms with E-state index < -0.39 is 16.7 Å². The first kappa shape index (κ1) is 24.9. The maximum Gasteiger partial charge on any atom is 0.305 e. The second-order valence-corrected chi connectivity index (χ2v) is 11.0. The van der Waals surface area contributed by atoms with Crippen LogP contribution in [0.1, 0.15) is 36.9 Å². The third-order valence-corrected chi connectivity index (χ3v) is 6.59. The Hall–Kier alpha value is -2.78. The lowest BCUT2D eigenvalue weighted by atomic mass is 9.61. The van der Waals surface area contributed by atoms with Gasteiger partial charge in [-0.05, 0) is 24.3 Å². The van der Waals surface area contributed by atoms with E-state index in [4.69, 9.17) is 16.7 Å². The predicted octanol–water partition coefficient (Wildman–Crippen LogP) is 2.08. The Bertz CT molecular complexity index is 1260. The molecule has 0 fully saturated rings. The van der Waals surface area contributed by atoms with Crippen LogP contribution in [0.3, 0.4) is 0 Å². The van der Waals surface area contributed by atoms with Crippen molar-refractivity contribution in [1.82, 2.24) is 14.3 Å². The van der Waals surface area contributed by atoms with Crippen LogP contribution in [0, 0.1) is 5.41 Å². The number of nitrogens with zero attached hydrogens (tertiary/aromatic N) is 3. The number of thiophene rings is 1. The number of halogens is 1. The largest absolute Gasteiger partial charge is 0.481 e. The summed E-state index contributed by atoms with van der Waals surface area (Å²) in [5.74, 6) is -0.784. The second kappa shape index (κ2) is 9.23. The summed E-state index contributed by atoms with van der Waals surface area (Å²) < 4.78 is 3.28. The molecule has 3 rings (SSSR count). The maximum atomic E-state index is 13.2. The molecule has 0 amide bonds. The molecule has 3 aromatic rings. The molecule has 0 aromatic carbocycles. The highest BCUT2D eigenvalue weighted by atomic mass is 35.5. The highest BCUT2D eigenvalue weighted by Crippen LogP contribution is 2.32. The lowest BCUT2D eigenvalue weighted by Gasteiger charge is -2.27. The van der Waals surface area contributed by atoms with Gasteiger partial charge in [-0.1, -0.05) is 32.4 Å². The van der Waals surface area contributed by atoms with Gasteiger partial charge in [-0.2, -0.15) is 9.78 Å². The first-order valence-corrected chi connectivity index (χ1v) is 11.6. The molecule has 12 heteroatoms. The number of anilines is 1. The number of rotatable bonds is 7. The smallest absolute Gasteiger partial charge is 0.305 e. The van der Waals surface area contributed by atoms with Crippen molar-refractivity contribution in [3.8, 4) is 11.3 Å². The lowest BCUT2D eigenvalue weighted by Crippen LogP contribution is -2.38. The monoisotopic (exact) mass is 486 g/mol. The maximum absolute atomic E-state index is 13.2. The zero-order chi connectivity index (χ0) is 24.6. The van der Waals surface area contributed by atoms with Gasteiger partial charge in [0.05, 0.1) is 16.3 Å². The van der Waals surface area contributed by atoms with Crippen molar-refractivity contribution in [2.24, 2.45) is 5.41 Å². The molecule has 0 aliphatic heterocycles. The van der Waals surface area contributed by atoms with Crippen LogP contribution in [0.5, 0.6) is 0 Å². The highest BCUT2D eigenvalue weighted by molar-refractivity contribution is 7.16. The average Bonchev–Trinajstić information content (AvgIpc) is 3.32. The first-order chi connectivity index (χ1) is 15.3. The van der Waals surface area contributed by atoms with E-state index in [-0.39, 0.29) is 30.0 Å². The number of hydrogen-bond acceptors (Lipinski definition) is 6. The van der Waals surface area contributed by atoms with Crippen LogP contribution < -0.4 is 10.9 Å². The van der Waals surface area contributed by atoms with Crippen molar-refractivity contribution in [3.05, 3.63) is 56.1 Å². The molecule has 0 atom stereocenters. The van der Waals surface area contributed by atoms with Crippen LogP contribution in [-0.2, 0) is 16.7 Å². The normalized spacial score (nSPS) is 12.0. The molecule has 2 N–H and O–H groups in total. The van der Waals surface area contributed by atoms with Gasteiger partial charge >= 0.3 is 5.97 Å². The Balaban J connectivity index is 2.08. The van der Waals surface area contributed by atoms with Crippen LogP contribution in [-0.4, -0.2) is 47.0 Å². The third kappa shape index (κ3) is 5.59. The molecular weight excluding hydrogens is 461 g/mol. The van der Waals surface area contributed by atoms with Crippen LogP contribution in [0.4, 0.5) is 5.82 Å². The van der Waals surface area contributed by atoms with Crippen molar-refractivity contribution in [2.75, 3.05) is 5.32 Å². The number of carbonyl (C=O) groups is 2. The Kier molecular flexibility index (Phi) is 6.95. The Morgan fingerprint density at radius 2 is 1.94 bits per heavy atom. The molecule has 0 aliphatic rings. The molecule has 172 valence electrons. The van der Waals surface area contributed by atoms with E-state index in [1.807, 2.05) is 27.8 Å². The number of aryl methyl sites for hydroxylation is 1. The number of carboxylic acid groups (broad SMARTS) is 1. The van der Waals surface area contributed by atoms with Crippen molar-refractivity contribution >= 4 is 56.3 Å². The Morgan fingerprint density at radius 3 is 2.52 bits per heavy atom. The minimum absolute atomic E-state index is 0.0426. The standard InChI is InChI=1S/C21H25B2ClN4O4S/c1-20(2,3)19(32)28-16(25-21(22,23)14-6-7-15(24)33-14)11-13(26-28)12-5-4-9-27(18(12)31)10-8-17(29)30/h4-7,9,11,25H,8,10,22-23H2,1-3H3,(H,29,30). The van der Waals surface area contributed by atoms with E-state index >= 15 is 0 Å². The van der Waals surface area contributed by atoms with Crippen LogP contribution in [0.2, 0.25) is 4.34 Å². The molecule has 0 aliphatic carbocycles. The van der Waals surface area contributed by atoms with Crippen LogP contribution in [0.15, 0.2) is 41.3 Å². The molecule has 0 spiro atoms. The van der Waals surface area contributed by atoms with E-state index in [1.54, 1.807) is 39.0 Å². The topological polar surface area (TPSA) is 106 Å². The molecule has 3 heterocycles. The number of aromatic nitrogens is 3. The van der Waals surface area contributed by atoms with Crippen LogP contribution in [0.25, 0.3) is 11.3 Å². The molecule has 0 saturated heterocycles. The van der Waals surface area contributed by atoms with Crippen molar-refractivity contribution in [3.63, 3.8) is 0 Å². The molecule has 0 radical (unpaired) electrons. The molecule has 3 aromatic heterocycles. The number of hydrogen-bond donors (Lipinski definition) is 2. The fraction of sp³-hybridized carbons (Fsp3) is 0.333. The summed E-state index contributed by atoms with van der Waals surface area (Å²) in [4.78, 5) is 38.1. The number of aliphatic carboxylic acids is 1. The summed E-state index contributed by atoms with van der Waals surface area (Å²) in [5, 5.41) is 16.2. The van der Waals surface area contributed by atoms with Gasteiger partial charge in [0.25, 0.3) is 11.5 Å².